The number of nitrogens with one attached hydrogen (secondary N) is 1. The van der Waals surface area contributed by atoms with Gasteiger partial charge in [-0.1, -0.05) is 24.3 Å². The predicted octanol–water partition coefficient (Wildman–Crippen LogP) is 3.87. The molecule has 0 heterocycles. The maximum Gasteiger partial charge on any atom is 0.123 e. The van der Waals surface area contributed by atoms with Crippen LogP contribution in [0.5, 0.6) is 5.75 Å². The summed E-state index contributed by atoms with van der Waals surface area (Å²) in [7, 11) is 0. The Balaban J connectivity index is 1.79. The minimum Gasteiger partial charge on any atom is -0.508 e. The number of hydrogen-bond acceptors (Lipinski definition) is 2. The predicted molar refractivity (Wildman–Crippen MR) is 77.1 cm³/mol. The van der Waals surface area contributed by atoms with Gasteiger partial charge >= 0.3 is 0 Å². The molecule has 0 radical (unpaired) electrons. The molecule has 20 heavy (non-hydrogen) atoms. The minimum atomic E-state index is -0.208. The van der Waals surface area contributed by atoms with Gasteiger partial charge in [-0.25, -0.2) is 4.39 Å². The molecule has 2 aromatic carbocycles. The topological polar surface area (TPSA) is 32.3 Å². The average molecular weight is 271 g/mol. The van der Waals surface area contributed by atoms with Crippen molar-refractivity contribution in [2.24, 2.45) is 0 Å². The lowest BCUT2D eigenvalue weighted by atomic mass is 10.0. The summed E-state index contributed by atoms with van der Waals surface area (Å²) >= 11 is 0. The summed E-state index contributed by atoms with van der Waals surface area (Å²) in [6, 6.07) is 12.6. The maximum absolute atomic E-state index is 13.3. The normalized spacial score (nSPS) is 18.8. The van der Waals surface area contributed by atoms with Crippen LogP contribution in [0.25, 0.3) is 0 Å². The van der Waals surface area contributed by atoms with Crippen LogP contribution >= 0.6 is 0 Å². The third-order valence-corrected chi connectivity index (χ3v) is 4.05. The van der Waals surface area contributed by atoms with Crippen LogP contribution in [0, 0.1) is 5.82 Å². The molecule has 0 aromatic heterocycles. The Morgan fingerprint density at radius 2 is 2.05 bits per heavy atom. The van der Waals surface area contributed by atoms with Gasteiger partial charge in [-0.15, -0.1) is 0 Å². The quantitative estimate of drug-likeness (QED) is 0.888. The monoisotopic (exact) mass is 271 g/mol. The van der Waals surface area contributed by atoms with E-state index in [9.17, 15) is 9.50 Å². The summed E-state index contributed by atoms with van der Waals surface area (Å²) in [6.45, 7) is 2.04. The Morgan fingerprint density at radius 3 is 2.85 bits per heavy atom. The Morgan fingerprint density at radius 1 is 1.25 bits per heavy atom. The van der Waals surface area contributed by atoms with Gasteiger partial charge in [-0.2, -0.15) is 0 Å². The van der Waals surface area contributed by atoms with Gasteiger partial charge in [0.25, 0.3) is 0 Å². The van der Waals surface area contributed by atoms with E-state index < -0.39 is 0 Å². The molecular weight excluding hydrogens is 253 g/mol. The van der Waals surface area contributed by atoms with Gasteiger partial charge in [0.05, 0.1) is 0 Å². The number of phenolic OH excluding ortho intramolecular Hbond substituents is 1. The van der Waals surface area contributed by atoms with Crippen molar-refractivity contribution in [3.63, 3.8) is 0 Å². The number of benzene rings is 2. The van der Waals surface area contributed by atoms with Crippen molar-refractivity contribution in [1.82, 2.24) is 5.32 Å². The minimum absolute atomic E-state index is 0.0731. The van der Waals surface area contributed by atoms with Gasteiger partial charge in [-0.3, -0.25) is 0 Å². The highest BCUT2D eigenvalue weighted by molar-refractivity contribution is 5.44. The molecule has 0 spiro atoms. The van der Waals surface area contributed by atoms with Gasteiger partial charge in [-0.05, 0) is 54.7 Å². The summed E-state index contributed by atoms with van der Waals surface area (Å²) in [4.78, 5) is 0. The molecule has 0 aliphatic heterocycles. The second-order valence-electron chi connectivity index (χ2n) is 5.38. The van der Waals surface area contributed by atoms with Gasteiger partial charge in [0.1, 0.15) is 11.6 Å². The van der Waals surface area contributed by atoms with Crippen LogP contribution in [0.4, 0.5) is 4.39 Å². The highest BCUT2D eigenvalue weighted by atomic mass is 19.1. The van der Waals surface area contributed by atoms with Gasteiger partial charge < -0.3 is 10.4 Å². The molecule has 0 bridgehead atoms. The number of hydrogen-bond donors (Lipinski definition) is 2. The van der Waals surface area contributed by atoms with Crippen LogP contribution in [-0.4, -0.2) is 5.11 Å². The molecule has 2 unspecified atom stereocenters. The van der Waals surface area contributed by atoms with Crippen LogP contribution in [0.2, 0.25) is 0 Å². The van der Waals surface area contributed by atoms with Crippen LogP contribution in [0.3, 0.4) is 0 Å². The Hall–Kier alpha value is -1.87. The zero-order valence-corrected chi connectivity index (χ0v) is 11.4. The van der Waals surface area contributed by atoms with E-state index in [1.165, 1.54) is 6.07 Å². The molecule has 0 saturated heterocycles. The molecule has 2 atom stereocenters. The second-order valence-corrected chi connectivity index (χ2v) is 5.38. The number of rotatable bonds is 3. The summed E-state index contributed by atoms with van der Waals surface area (Å²) in [6.07, 6.45) is 1.85. The molecule has 0 fully saturated rings. The van der Waals surface area contributed by atoms with E-state index in [0.717, 1.165) is 29.5 Å². The van der Waals surface area contributed by atoms with Crippen molar-refractivity contribution in [1.29, 1.82) is 0 Å². The lowest BCUT2D eigenvalue weighted by Crippen LogP contribution is -2.23. The molecule has 1 aliphatic rings. The van der Waals surface area contributed by atoms with E-state index in [2.05, 4.69) is 11.4 Å². The standard InChI is InChI=1S/C17H18FNO/c1-11(12-4-2-5-13(18)10-12)19-16-9-8-15-14(16)6-3-7-17(15)20/h2-7,10-11,16,19-20H,8-9H2,1H3. The highest BCUT2D eigenvalue weighted by Gasteiger charge is 2.25. The smallest absolute Gasteiger partial charge is 0.123 e. The van der Waals surface area contributed by atoms with E-state index in [1.54, 1.807) is 18.2 Å². The number of aromatic hydroxyl groups is 1. The van der Waals surface area contributed by atoms with E-state index in [1.807, 2.05) is 19.1 Å². The van der Waals surface area contributed by atoms with E-state index >= 15 is 0 Å². The van der Waals surface area contributed by atoms with Crippen LogP contribution < -0.4 is 5.32 Å². The lowest BCUT2D eigenvalue weighted by Gasteiger charge is -2.21. The summed E-state index contributed by atoms with van der Waals surface area (Å²) in [5.74, 6) is 0.172. The van der Waals surface area contributed by atoms with Crippen molar-refractivity contribution >= 4 is 0 Å². The fourth-order valence-electron chi connectivity index (χ4n) is 2.98. The van der Waals surface area contributed by atoms with Crippen LogP contribution in [0.1, 0.15) is 42.1 Å². The number of fused-ring (bicyclic) bond motifs is 1. The van der Waals surface area contributed by atoms with Crippen molar-refractivity contribution in [3.8, 4) is 5.75 Å². The van der Waals surface area contributed by atoms with Gasteiger partial charge in [0.2, 0.25) is 0 Å². The average Bonchev–Trinajstić information content (AvgIpc) is 2.83. The van der Waals surface area contributed by atoms with E-state index in [-0.39, 0.29) is 17.9 Å². The highest BCUT2D eigenvalue weighted by Crippen LogP contribution is 2.37. The maximum atomic E-state index is 13.3. The fourth-order valence-corrected chi connectivity index (χ4v) is 2.98. The van der Waals surface area contributed by atoms with Crippen molar-refractivity contribution in [3.05, 3.63) is 65.0 Å². The Kier molecular flexibility index (Phi) is 3.45. The first-order chi connectivity index (χ1) is 9.65. The first kappa shape index (κ1) is 13.1. The summed E-state index contributed by atoms with van der Waals surface area (Å²) in [5.41, 5.74) is 3.14. The van der Waals surface area contributed by atoms with Crippen molar-refractivity contribution in [2.75, 3.05) is 0 Å². The SMILES string of the molecule is CC(NC1CCc2c(O)cccc21)c1cccc(F)c1. The van der Waals surface area contributed by atoms with E-state index in [0.29, 0.717) is 5.75 Å². The Labute approximate surface area is 118 Å². The third kappa shape index (κ3) is 2.41. The van der Waals surface area contributed by atoms with Crippen molar-refractivity contribution < 1.29 is 9.50 Å². The first-order valence-electron chi connectivity index (χ1n) is 6.97. The molecule has 2 nitrogen and oxygen atoms in total. The first-order valence-corrected chi connectivity index (χ1v) is 6.97. The third-order valence-electron chi connectivity index (χ3n) is 4.05. The molecular formula is C17H18FNO. The van der Waals surface area contributed by atoms with Crippen LogP contribution in [0.15, 0.2) is 42.5 Å². The number of phenols is 1. The van der Waals surface area contributed by atoms with Crippen LogP contribution in [-0.2, 0) is 6.42 Å². The van der Waals surface area contributed by atoms with Gasteiger partial charge in [0, 0.05) is 12.1 Å². The van der Waals surface area contributed by atoms with Crippen molar-refractivity contribution in [2.45, 2.75) is 31.8 Å². The molecule has 0 amide bonds. The molecule has 2 aromatic rings. The summed E-state index contributed by atoms with van der Waals surface area (Å²) in [5, 5.41) is 13.4. The molecule has 1 aliphatic carbocycles. The fraction of sp³-hybridized carbons (Fsp3) is 0.294. The van der Waals surface area contributed by atoms with E-state index in [4.69, 9.17) is 0 Å². The lowest BCUT2D eigenvalue weighted by molar-refractivity contribution is 0.463. The largest absolute Gasteiger partial charge is 0.508 e. The Bertz CT molecular complexity index is 626. The molecule has 3 rings (SSSR count). The number of halogens is 1. The zero-order valence-electron chi connectivity index (χ0n) is 11.4. The van der Waals surface area contributed by atoms with Gasteiger partial charge in [0.15, 0.2) is 0 Å². The molecule has 2 N–H and O–H groups in total. The zero-order chi connectivity index (χ0) is 14.1. The second kappa shape index (κ2) is 5.25. The molecule has 3 heteroatoms. The molecule has 104 valence electrons. The molecule has 0 saturated carbocycles. The summed E-state index contributed by atoms with van der Waals surface area (Å²) < 4.78 is 13.3.